The third-order valence-corrected chi connectivity index (χ3v) is 5.76. The van der Waals surface area contributed by atoms with Gasteiger partial charge in [-0.15, -0.1) is 0 Å². The van der Waals surface area contributed by atoms with E-state index in [0.29, 0.717) is 0 Å². The van der Waals surface area contributed by atoms with E-state index < -0.39 is 15.9 Å². The molecule has 0 atom stereocenters. The van der Waals surface area contributed by atoms with Crippen LogP contribution >= 0.6 is 0 Å². The topological polar surface area (TPSA) is 92.5 Å². The second-order valence-corrected chi connectivity index (χ2v) is 8.57. The van der Waals surface area contributed by atoms with Gasteiger partial charge in [-0.2, -0.15) is 4.31 Å². The van der Waals surface area contributed by atoms with E-state index in [9.17, 15) is 13.2 Å². The third-order valence-electron chi connectivity index (χ3n) is 3.95. The van der Waals surface area contributed by atoms with Crippen molar-refractivity contribution < 1.29 is 17.7 Å². The Labute approximate surface area is 158 Å². The fourth-order valence-corrected chi connectivity index (χ4v) is 4.35. The molecule has 8 heteroatoms. The minimum atomic E-state index is -3.83. The molecule has 0 saturated heterocycles. The molecule has 0 aliphatic rings. The van der Waals surface area contributed by atoms with E-state index in [1.165, 1.54) is 16.6 Å². The Morgan fingerprint density at radius 2 is 1.89 bits per heavy atom. The van der Waals surface area contributed by atoms with Crippen molar-refractivity contribution in [2.45, 2.75) is 18.7 Å². The molecule has 0 aliphatic carbocycles. The van der Waals surface area contributed by atoms with Gasteiger partial charge in [0.15, 0.2) is 5.82 Å². The van der Waals surface area contributed by atoms with Crippen LogP contribution in [0.1, 0.15) is 13.8 Å². The van der Waals surface area contributed by atoms with Gasteiger partial charge in [0.25, 0.3) is 0 Å². The molecule has 1 amide bonds. The van der Waals surface area contributed by atoms with Crippen molar-refractivity contribution in [3.63, 3.8) is 0 Å². The van der Waals surface area contributed by atoms with E-state index in [0.717, 1.165) is 10.8 Å². The third kappa shape index (κ3) is 4.53. The first-order valence-corrected chi connectivity index (χ1v) is 9.99. The summed E-state index contributed by atoms with van der Waals surface area (Å²) in [5.41, 5.74) is 0. The molecule has 0 saturated carbocycles. The van der Waals surface area contributed by atoms with Gasteiger partial charge in [-0.05, 0) is 28.8 Å². The van der Waals surface area contributed by atoms with Crippen LogP contribution in [-0.2, 0) is 14.8 Å². The van der Waals surface area contributed by atoms with Gasteiger partial charge < -0.3 is 9.84 Å². The number of rotatable bonds is 7. The van der Waals surface area contributed by atoms with Crippen molar-refractivity contribution in [3.8, 4) is 0 Å². The standard InChI is InChI=1S/C19H21N3O4S/c1-14(2)12-22(13-19(23)20-18-9-10-26-21-18)27(24,25)17-8-7-15-5-3-4-6-16(15)11-17/h3-11,14H,12-13H2,1-2H3,(H,20,21,23). The van der Waals surface area contributed by atoms with E-state index in [1.54, 1.807) is 18.2 Å². The van der Waals surface area contributed by atoms with Crippen molar-refractivity contribution in [3.05, 3.63) is 54.8 Å². The van der Waals surface area contributed by atoms with Gasteiger partial charge in [0.05, 0.1) is 11.4 Å². The molecule has 0 bridgehead atoms. The monoisotopic (exact) mass is 387 g/mol. The zero-order chi connectivity index (χ0) is 19.4. The molecule has 0 spiro atoms. The van der Waals surface area contributed by atoms with Crippen molar-refractivity contribution in [1.82, 2.24) is 9.46 Å². The SMILES string of the molecule is CC(C)CN(CC(=O)Nc1ccon1)S(=O)(=O)c1ccc2ccccc2c1. The van der Waals surface area contributed by atoms with Gasteiger partial charge in [-0.3, -0.25) is 4.79 Å². The summed E-state index contributed by atoms with van der Waals surface area (Å²) in [7, 11) is -3.83. The molecule has 1 aromatic heterocycles. The molecule has 1 N–H and O–H groups in total. The number of amides is 1. The van der Waals surface area contributed by atoms with Crippen molar-refractivity contribution >= 4 is 32.5 Å². The number of sulfonamides is 1. The lowest BCUT2D eigenvalue weighted by Crippen LogP contribution is -2.40. The van der Waals surface area contributed by atoms with Crippen LogP contribution in [0.2, 0.25) is 0 Å². The number of benzene rings is 2. The van der Waals surface area contributed by atoms with E-state index in [-0.39, 0.29) is 29.7 Å². The van der Waals surface area contributed by atoms with E-state index in [2.05, 4.69) is 15.0 Å². The quantitative estimate of drug-likeness (QED) is 0.672. The first-order valence-electron chi connectivity index (χ1n) is 8.55. The summed E-state index contributed by atoms with van der Waals surface area (Å²) < 4.78 is 32.2. The Kier molecular flexibility index (Phi) is 5.57. The summed E-state index contributed by atoms with van der Waals surface area (Å²) in [6.07, 6.45) is 1.33. The number of carbonyl (C=O) groups excluding carboxylic acids is 1. The number of nitrogens with one attached hydrogen (secondary N) is 1. The van der Waals surface area contributed by atoms with Crippen LogP contribution in [0.5, 0.6) is 0 Å². The molecule has 142 valence electrons. The molecular formula is C19H21N3O4S. The van der Waals surface area contributed by atoms with Crippen LogP contribution in [0.4, 0.5) is 5.82 Å². The van der Waals surface area contributed by atoms with Gasteiger partial charge in [0.2, 0.25) is 15.9 Å². The van der Waals surface area contributed by atoms with Gasteiger partial charge in [-0.25, -0.2) is 8.42 Å². The van der Waals surface area contributed by atoms with Crippen LogP contribution in [0, 0.1) is 5.92 Å². The maximum atomic E-state index is 13.2. The summed E-state index contributed by atoms with van der Waals surface area (Å²) in [6, 6.07) is 14.0. The number of hydrogen-bond donors (Lipinski definition) is 1. The van der Waals surface area contributed by atoms with Crippen LogP contribution in [0.15, 0.2) is 64.2 Å². The maximum Gasteiger partial charge on any atom is 0.243 e. The molecule has 0 aliphatic heterocycles. The van der Waals surface area contributed by atoms with Crippen LogP contribution in [0.3, 0.4) is 0 Å². The lowest BCUT2D eigenvalue weighted by Gasteiger charge is -2.23. The fourth-order valence-electron chi connectivity index (χ4n) is 2.75. The van der Waals surface area contributed by atoms with E-state index in [4.69, 9.17) is 0 Å². The normalized spacial score (nSPS) is 12.0. The second kappa shape index (κ2) is 7.89. The van der Waals surface area contributed by atoms with Gasteiger partial charge in [0, 0.05) is 12.6 Å². The Morgan fingerprint density at radius 3 is 2.56 bits per heavy atom. The first kappa shape index (κ1) is 19.1. The predicted octanol–water partition coefficient (Wildman–Crippen LogP) is 3.11. The van der Waals surface area contributed by atoms with Gasteiger partial charge in [0.1, 0.15) is 6.26 Å². The van der Waals surface area contributed by atoms with Gasteiger partial charge in [-0.1, -0.05) is 49.3 Å². The van der Waals surface area contributed by atoms with Crippen molar-refractivity contribution in [2.24, 2.45) is 5.92 Å². The fraction of sp³-hybridized carbons (Fsp3) is 0.263. The smallest absolute Gasteiger partial charge is 0.243 e. The number of carbonyl (C=O) groups is 1. The Morgan fingerprint density at radius 1 is 1.15 bits per heavy atom. The number of nitrogens with zero attached hydrogens (tertiary/aromatic N) is 2. The molecule has 0 unspecified atom stereocenters. The number of hydrogen-bond acceptors (Lipinski definition) is 5. The minimum Gasteiger partial charge on any atom is -0.363 e. The minimum absolute atomic E-state index is 0.0556. The largest absolute Gasteiger partial charge is 0.363 e. The van der Waals surface area contributed by atoms with Crippen molar-refractivity contribution in [1.29, 1.82) is 0 Å². The summed E-state index contributed by atoms with van der Waals surface area (Å²) >= 11 is 0. The van der Waals surface area contributed by atoms with E-state index >= 15 is 0 Å². The van der Waals surface area contributed by atoms with Crippen molar-refractivity contribution in [2.75, 3.05) is 18.4 Å². The van der Waals surface area contributed by atoms with Crippen LogP contribution in [0.25, 0.3) is 10.8 Å². The van der Waals surface area contributed by atoms with Gasteiger partial charge >= 0.3 is 0 Å². The molecule has 27 heavy (non-hydrogen) atoms. The second-order valence-electron chi connectivity index (χ2n) is 6.63. The number of fused-ring (bicyclic) bond motifs is 1. The average molecular weight is 387 g/mol. The summed E-state index contributed by atoms with van der Waals surface area (Å²) in [4.78, 5) is 12.5. The highest BCUT2D eigenvalue weighted by Gasteiger charge is 2.27. The molecule has 0 radical (unpaired) electrons. The molecule has 3 rings (SSSR count). The molecule has 1 heterocycles. The molecule has 0 fully saturated rings. The maximum absolute atomic E-state index is 13.2. The Balaban J connectivity index is 1.88. The highest BCUT2D eigenvalue weighted by molar-refractivity contribution is 7.89. The lowest BCUT2D eigenvalue weighted by molar-refractivity contribution is -0.116. The number of anilines is 1. The first-order chi connectivity index (χ1) is 12.9. The molecule has 7 nitrogen and oxygen atoms in total. The summed E-state index contributed by atoms with van der Waals surface area (Å²) in [6.45, 7) is 3.72. The molecule has 3 aromatic rings. The average Bonchev–Trinajstić information content (AvgIpc) is 3.13. The van der Waals surface area contributed by atoms with E-state index in [1.807, 2.05) is 38.1 Å². The highest BCUT2D eigenvalue weighted by atomic mass is 32.2. The molecule has 2 aromatic carbocycles. The number of aromatic nitrogens is 1. The van der Waals surface area contributed by atoms with Crippen LogP contribution < -0.4 is 5.32 Å². The summed E-state index contributed by atoms with van der Waals surface area (Å²) in [5.74, 6) is -0.179. The Bertz CT molecular complexity index is 1030. The predicted molar refractivity (Wildman–Crippen MR) is 103 cm³/mol. The lowest BCUT2D eigenvalue weighted by atomic mass is 10.1. The Hall–Kier alpha value is -2.71. The zero-order valence-electron chi connectivity index (χ0n) is 15.1. The highest BCUT2D eigenvalue weighted by Crippen LogP contribution is 2.22. The molecular weight excluding hydrogens is 366 g/mol. The summed E-state index contributed by atoms with van der Waals surface area (Å²) in [5, 5.41) is 7.92. The zero-order valence-corrected chi connectivity index (χ0v) is 15.9. The van der Waals surface area contributed by atoms with Crippen LogP contribution in [-0.4, -0.2) is 36.9 Å².